The fourth-order valence-corrected chi connectivity index (χ4v) is 5.20. The van der Waals surface area contributed by atoms with Crippen LogP contribution >= 0.6 is 22.7 Å². The first-order valence-electron chi connectivity index (χ1n) is 8.91. The molecule has 2 aromatic heterocycles. The predicted octanol–water partition coefficient (Wildman–Crippen LogP) is -0.421. The Hall–Kier alpha value is -1.41. The van der Waals surface area contributed by atoms with Gasteiger partial charge in [-0.15, -0.1) is 22.7 Å². The van der Waals surface area contributed by atoms with Crippen molar-refractivity contribution in [1.82, 2.24) is 0 Å². The van der Waals surface area contributed by atoms with Gasteiger partial charge in [0.05, 0.1) is 22.8 Å². The van der Waals surface area contributed by atoms with E-state index in [4.69, 9.17) is 4.84 Å². The van der Waals surface area contributed by atoms with E-state index in [2.05, 4.69) is 41.9 Å². The molecule has 0 spiro atoms. The number of aliphatic carboxylic acids is 1. The monoisotopic (exact) mass is 428 g/mol. The Morgan fingerprint density at radius 3 is 2.41 bits per heavy atom. The van der Waals surface area contributed by atoms with E-state index < -0.39 is 5.97 Å². The predicted molar refractivity (Wildman–Crippen MR) is 106 cm³/mol. The zero-order valence-corrected chi connectivity index (χ0v) is 17.9. The van der Waals surface area contributed by atoms with E-state index in [9.17, 15) is 9.90 Å². The van der Waals surface area contributed by atoms with Gasteiger partial charge in [0.15, 0.2) is 6.61 Å². The number of likely N-dealkylation sites (tertiary alicyclic amines) is 1. The van der Waals surface area contributed by atoms with Crippen molar-refractivity contribution in [1.29, 1.82) is 0 Å². The molecule has 1 fully saturated rings. The summed E-state index contributed by atoms with van der Waals surface area (Å²) in [5.74, 6) is -0.898. The molecule has 3 rings (SSSR count). The van der Waals surface area contributed by atoms with Gasteiger partial charge >= 0.3 is 5.97 Å². The molecule has 0 bridgehead atoms. The van der Waals surface area contributed by atoms with Crippen LogP contribution in [0, 0.1) is 19.8 Å². The minimum atomic E-state index is -0.676. The van der Waals surface area contributed by atoms with Gasteiger partial charge < -0.3 is 27.3 Å². The van der Waals surface area contributed by atoms with Crippen molar-refractivity contribution >= 4 is 34.4 Å². The lowest BCUT2D eigenvalue weighted by atomic mass is 9.98. The van der Waals surface area contributed by atoms with Crippen molar-refractivity contribution in [2.75, 3.05) is 26.2 Å². The summed E-state index contributed by atoms with van der Waals surface area (Å²) in [6.07, 6.45) is 1.75. The van der Waals surface area contributed by atoms with Crippen molar-refractivity contribution in [3.63, 3.8) is 0 Å². The molecule has 8 heteroatoms. The van der Waals surface area contributed by atoms with Crippen molar-refractivity contribution in [2.24, 2.45) is 11.1 Å². The van der Waals surface area contributed by atoms with Gasteiger partial charge in [0, 0.05) is 0 Å². The fourth-order valence-electron chi connectivity index (χ4n) is 3.31. The highest BCUT2D eigenvalue weighted by molar-refractivity contribution is 7.16. The standard InChI is InChI=1S/C19H24N2O3S2.ClH/c1-13-5-10-25-17(13)16(18-14(2)6-11-26-18)20-24-9-8-21-7-3-4-15(12-21)19(22)23;/h5-6,10-11,15H,3-4,7-9,12H2,1-2H3,(H,22,23);1H/t15-;/m1./s1. The van der Waals surface area contributed by atoms with Gasteiger partial charge in [-0.1, -0.05) is 5.16 Å². The summed E-state index contributed by atoms with van der Waals surface area (Å²) in [7, 11) is 0. The van der Waals surface area contributed by atoms with E-state index in [-0.39, 0.29) is 18.3 Å². The highest BCUT2D eigenvalue weighted by atomic mass is 35.5. The SMILES string of the molecule is Cc1ccsc1C(=NOCC[NH+]1CCC[C@@H](C(=O)O)C1)c1sccc1C.[Cl-]. The number of rotatable bonds is 7. The minimum absolute atomic E-state index is 0. The summed E-state index contributed by atoms with van der Waals surface area (Å²) >= 11 is 3.36. The third-order valence-electron chi connectivity index (χ3n) is 4.82. The third kappa shape index (κ3) is 5.54. The van der Waals surface area contributed by atoms with Crippen LogP contribution in [0.4, 0.5) is 0 Å². The molecular weight excluding hydrogens is 404 g/mol. The second kappa shape index (κ2) is 10.2. The zero-order chi connectivity index (χ0) is 18.5. The highest BCUT2D eigenvalue weighted by Crippen LogP contribution is 2.26. The van der Waals surface area contributed by atoms with Crippen LogP contribution in [0.1, 0.15) is 33.7 Å². The number of nitrogens with zero attached hydrogens (tertiary/aromatic N) is 1. The van der Waals surface area contributed by atoms with Gasteiger partial charge in [-0.25, -0.2) is 0 Å². The van der Waals surface area contributed by atoms with Gasteiger partial charge in [0.1, 0.15) is 18.2 Å². The summed E-state index contributed by atoms with van der Waals surface area (Å²) in [5, 5.41) is 17.8. The van der Waals surface area contributed by atoms with Crippen molar-refractivity contribution in [2.45, 2.75) is 26.7 Å². The molecule has 1 unspecified atom stereocenters. The maximum absolute atomic E-state index is 11.2. The Bertz CT molecular complexity index is 745. The summed E-state index contributed by atoms with van der Waals surface area (Å²) in [5.41, 5.74) is 3.31. The molecule has 0 aliphatic carbocycles. The summed E-state index contributed by atoms with van der Waals surface area (Å²) in [4.78, 5) is 20.4. The molecule has 1 aliphatic rings. The molecule has 5 nitrogen and oxygen atoms in total. The van der Waals surface area contributed by atoms with Gasteiger partial charge in [-0.05, 0) is 60.7 Å². The Kier molecular flexibility index (Phi) is 8.28. The Morgan fingerprint density at radius 2 is 1.89 bits per heavy atom. The van der Waals surface area contributed by atoms with Gasteiger partial charge in [0.25, 0.3) is 0 Å². The number of oxime groups is 1. The van der Waals surface area contributed by atoms with Crippen molar-refractivity contribution in [3.8, 4) is 0 Å². The van der Waals surface area contributed by atoms with Crippen molar-refractivity contribution in [3.05, 3.63) is 43.8 Å². The van der Waals surface area contributed by atoms with Crippen LogP contribution in [0.2, 0.25) is 0 Å². The first-order valence-corrected chi connectivity index (χ1v) is 10.7. The molecular formula is C19H25ClN2O3S2. The molecule has 27 heavy (non-hydrogen) atoms. The largest absolute Gasteiger partial charge is 1.00 e. The molecule has 2 atom stereocenters. The van der Waals surface area contributed by atoms with Gasteiger partial charge in [0.2, 0.25) is 0 Å². The Labute approximate surface area is 174 Å². The van der Waals surface area contributed by atoms with E-state index in [1.54, 1.807) is 22.7 Å². The molecule has 2 aromatic rings. The number of nitrogens with one attached hydrogen (secondary N) is 1. The third-order valence-corrected chi connectivity index (χ3v) is 6.87. The number of hydrogen-bond acceptors (Lipinski definition) is 5. The highest BCUT2D eigenvalue weighted by Gasteiger charge is 2.28. The molecule has 2 N–H and O–H groups in total. The second-order valence-corrected chi connectivity index (χ2v) is 8.60. The lowest BCUT2D eigenvalue weighted by Crippen LogP contribution is -3.14. The van der Waals surface area contributed by atoms with Crippen LogP contribution in [0.3, 0.4) is 0 Å². The number of carboxylic acids is 1. The number of piperidine rings is 1. The lowest BCUT2D eigenvalue weighted by Gasteiger charge is -2.27. The second-order valence-electron chi connectivity index (χ2n) is 6.77. The molecule has 0 radical (unpaired) electrons. The molecule has 0 amide bonds. The van der Waals surface area contributed by atoms with Crippen LogP contribution in [-0.2, 0) is 9.63 Å². The number of quaternary nitrogens is 1. The minimum Gasteiger partial charge on any atom is -1.00 e. The lowest BCUT2D eigenvalue weighted by molar-refractivity contribution is -0.907. The topological polar surface area (TPSA) is 63.3 Å². The number of halogens is 1. The number of carbonyl (C=O) groups is 1. The van der Waals surface area contributed by atoms with Crippen LogP contribution in [0.25, 0.3) is 0 Å². The molecule has 148 valence electrons. The molecule has 0 saturated carbocycles. The number of carboxylic acid groups (broad SMARTS) is 1. The molecule has 3 heterocycles. The molecule has 1 aliphatic heterocycles. The maximum atomic E-state index is 11.2. The molecule has 1 saturated heterocycles. The average molecular weight is 429 g/mol. The molecule has 0 aromatic carbocycles. The smallest absolute Gasteiger partial charge is 0.312 e. The van der Waals surface area contributed by atoms with E-state index in [1.807, 2.05) is 0 Å². The fraction of sp³-hybridized carbons (Fsp3) is 0.474. The first-order chi connectivity index (χ1) is 12.6. The van der Waals surface area contributed by atoms with E-state index >= 15 is 0 Å². The average Bonchev–Trinajstić information content (AvgIpc) is 3.24. The summed E-state index contributed by atoms with van der Waals surface area (Å²) < 4.78 is 0. The van der Waals surface area contributed by atoms with Crippen LogP contribution in [-0.4, -0.2) is 43.0 Å². The maximum Gasteiger partial charge on any atom is 0.312 e. The van der Waals surface area contributed by atoms with E-state index in [1.165, 1.54) is 16.0 Å². The van der Waals surface area contributed by atoms with Gasteiger partial charge in [-0.3, -0.25) is 4.79 Å². The van der Waals surface area contributed by atoms with Crippen molar-refractivity contribution < 1.29 is 32.0 Å². The Morgan fingerprint density at radius 1 is 1.26 bits per heavy atom. The van der Waals surface area contributed by atoms with Gasteiger partial charge in [-0.2, -0.15) is 0 Å². The number of hydrogen-bond donors (Lipinski definition) is 2. The number of aryl methyl sites for hydroxylation is 2. The van der Waals surface area contributed by atoms with Crippen LogP contribution in [0.5, 0.6) is 0 Å². The van der Waals surface area contributed by atoms with Crippen LogP contribution < -0.4 is 17.3 Å². The Balaban J connectivity index is 0.00000261. The van der Waals surface area contributed by atoms with Crippen LogP contribution in [0.15, 0.2) is 28.0 Å². The zero-order valence-electron chi connectivity index (χ0n) is 15.5. The normalized spacial score (nSPS) is 19.2. The number of thiophene rings is 2. The van der Waals surface area contributed by atoms with E-state index in [0.717, 1.165) is 41.4 Å². The van der Waals surface area contributed by atoms with E-state index in [0.29, 0.717) is 13.2 Å². The summed E-state index contributed by atoms with van der Waals surface area (Å²) in [6, 6.07) is 4.20. The first kappa shape index (κ1) is 21.9. The summed E-state index contributed by atoms with van der Waals surface area (Å²) in [6.45, 7) is 7.16. The quantitative estimate of drug-likeness (QED) is 0.357.